The molecule has 0 aliphatic carbocycles. The van der Waals surface area contributed by atoms with Crippen molar-refractivity contribution in [3.63, 3.8) is 0 Å². The molecule has 1 aliphatic rings. The number of benzene rings is 3. The van der Waals surface area contributed by atoms with Crippen LogP contribution in [0.5, 0.6) is 23.0 Å². The Morgan fingerprint density at radius 1 is 1.02 bits per heavy atom. The molecule has 3 aromatic carbocycles. The van der Waals surface area contributed by atoms with Gasteiger partial charge in [0.1, 0.15) is 23.1 Å². The first-order valence-corrected chi connectivity index (χ1v) is 14.9. The second-order valence-corrected chi connectivity index (χ2v) is 10.9. The molecule has 11 nitrogen and oxygen atoms in total. The molecule has 1 N–H and O–H groups in total. The van der Waals surface area contributed by atoms with Crippen molar-refractivity contribution in [2.45, 2.75) is 19.4 Å². The van der Waals surface area contributed by atoms with Crippen molar-refractivity contribution in [3.8, 4) is 23.0 Å². The van der Waals surface area contributed by atoms with Crippen molar-refractivity contribution in [3.05, 3.63) is 84.3 Å². The Hall–Kier alpha value is -4.94. The van der Waals surface area contributed by atoms with E-state index in [-0.39, 0.29) is 24.1 Å². The normalized spacial score (nSPS) is 14.8. The molecular weight excluding hydrogens is 593 g/mol. The highest BCUT2D eigenvalue weighted by Crippen LogP contribution is 2.37. The van der Waals surface area contributed by atoms with Crippen LogP contribution in [-0.4, -0.2) is 69.0 Å². The van der Waals surface area contributed by atoms with E-state index in [2.05, 4.69) is 27.2 Å². The lowest BCUT2D eigenvalue weighted by molar-refractivity contribution is 0.147. The van der Waals surface area contributed by atoms with E-state index < -0.39 is 11.9 Å². The first-order chi connectivity index (χ1) is 22.4. The SMILES string of the molecule is COCc1ccccc1OC(=O)N(c1ccnc(Nc2ccc(OCC3CCCN(C)C3)c(F)c2)n1)c1ccc(OC)cc1OC. The van der Waals surface area contributed by atoms with Crippen LogP contribution in [-0.2, 0) is 11.3 Å². The number of carbonyl (C=O) groups excluding carboxylic acids is 1. The highest BCUT2D eigenvalue weighted by Gasteiger charge is 2.27. The summed E-state index contributed by atoms with van der Waals surface area (Å²) in [5.74, 6) is 1.54. The lowest BCUT2D eigenvalue weighted by Gasteiger charge is -2.29. The monoisotopic (exact) mass is 631 g/mol. The van der Waals surface area contributed by atoms with Crippen LogP contribution in [0.15, 0.2) is 72.9 Å². The van der Waals surface area contributed by atoms with Gasteiger partial charge < -0.3 is 33.9 Å². The average molecular weight is 632 g/mol. The second-order valence-electron chi connectivity index (χ2n) is 10.9. The summed E-state index contributed by atoms with van der Waals surface area (Å²) in [5.41, 5.74) is 1.44. The number of rotatable bonds is 12. The molecule has 1 fully saturated rings. The molecule has 0 bridgehead atoms. The van der Waals surface area contributed by atoms with Gasteiger partial charge in [0.15, 0.2) is 11.6 Å². The number of para-hydroxylation sites is 1. The average Bonchev–Trinajstić information content (AvgIpc) is 3.06. The zero-order valence-electron chi connectivity index (χ0n) is 26.4. The Bertz CT molecular complexity index is 1640. The molecule has 2 heterocycles. The zero-order chi connectivity index (χ0) is 32.5. The van der Waals surface area contributed by atoms with E-state index in [9.17, 15) is 4.79 Å². The van der Waals surface area contributed by atoms with Crippen LogP contribution in [0.4, 0.5) is 32.3 Å². The molecular formula is C34H38FN5O6. The van der Waals surface area contributed by atoms with E-state index in [0.717, 1.165) is 25.9 Å². The molecule has 4 aromatic rings. The van der Waals surface area contributed by atoms with Gasteiger partial charge in [-0.15, -0.1) is 0 Å². The third-order valence-corrected chi connectivity index (χ3v) is 7.53. The summed E-state index contributed by atoms with van der Waals surface area (Å²) >= 11 is 0. The fourth-order valence-corrected chi connectivity index (χ4v) is 5.28. The number of nitrogens with one attached hydrogen (secondary N) is 1. The molecule has 0 radical (unpaired) electrons. The molecule has 1 aromatic heterocycles. The van der Waals surface area contributed by atoms with Crippen LogP contribution in [0, 0.1) is 11.7 Å². The van der Waals surface area contributed by atoms with Crippen LogP contribution in [0.1, 0.15) is 18.4 Å². The summed E-state index contributed by atoms with van der Waals surface area (Å²) in [6.45, 7) is 2.70. The van der Waals surface area contributed by atoms with Gasteiger partial charge in [0, 0.05) is 55.2 Å². The molecule has 1 saturated heterocycles. The number of amides is 1. The number of likely N-dealkylation sites (tertiary alicyclic amines) is 1. The Kier molecular flexibility index (Phi) is 10.8. The number of methoxy groups -OCH3 is 3. The Labute approximate surface area is 267 Å². The maximum Gasteiger partial charge on any atom is 0.425 e. The summed E-state index contributed by atoms with van der Waals surface area (Å²) < 4.78 is 42.9. The summed E-state index contributed by atoms with van der Waals surface area (Å²) in [5, 5.41) is 3.02. The summed E-state index contributed by atoms with van der Waals surface area (Å²) in [6, 6.07) is 18.2. The topological polar surface area (TPSA) is 108 Å². The number of hydrogen-bond donors (Lipinski definition) is 1. The number of aromatic nitrogens is 2. The highest BCUT2D eigenvalue weighted by molar-refractivity contribution is 5.98. The van der Waals surface area contributed by atoms with E-state index in [1.807, 2.05) is 6.07 Å². The van der Waals surface area contributed by atoms with Gasteiger partial charge in [0.25, 0.3) is 0 Å². The van der Waals surface area contributed by atoms with Crippen molar-refractivity contribution in [2.75, 3.05) is 58.3 Å². The molecule has 5 rings (SSSR count). The lowest BCUT2D eigenvalue weighted by Crippen LogP contribution is -2.34. The van der Waals surface area contributed by atoms with Crippen LogP contribution >= 0.6 is 0 Å². The zero-order valence-corrected chi connectivity index (χ0v) is 26.4. The van der Waals surface area contributed by atoms with Gasteiger partial charge in [0.2, 0.25) is 5.95 Å². The minimum absolute atomic E-state index is 0.126. The lowest BCUT2D eigenvalue weighted by atomic mass is 10.00. The Balaban J connectivity index is 1.40. The van der Waals surface area contributed by atoms with Crippen molar-refractivity contribution >= 4 is 29.2 Å². The summed E-state index contributed by atoms with van der Waals surface area (Å²) in [4.78, 5) is 26.3. The first kappa shape index (κ1) is 32.5. The smallest absolute Gasteiger partial charge is 0.425 e. The van der Waals surface area contributed by atoms with Crippen LogP contribution in [0.3, 0.4) is 0 Å². The largest absolute Gasteiger partial charge is 0.497 e. The Morgan fingerprint density at radius 3 is 2.63 bits per heavy atom. The van der Waals surface area contributed by atoms with Gasteiger partial charge >= 0.3 is 6.09 Å². The number of piperidine rings is 1. The van der Waals surface area contributed by atoms with Gasteiger partial charge in [-0.3, -0.25) is 0 Å². The molecule has 46 heavy (non-hydrogen) atoms. The molecule has 1 amide bonds. The van der Waals surface area contributed by atoms with E-state index in [4.69, 9.17) is 23.7 Å². The number of carbonyl (C=O) groups is 1. The van der Waals surface area contributed by atoms with E-state index in [1.165, 1.54) is 31.4 Å². The molecule has 1 atom stereocenters. The van der Waals surface area contributed by atoms with Crippen molar-refractivity contribution < 1.29 is 32.9 Å². The van der Waals surface area contributed by atoms with Crippen LogP contribution in [0.2, 0.25) is 0 Å². The predicted molar refractivity (Wildman–Crippen MR) is 172 cm³/mol. The number of hydrogen-bond acceptors (Lipinski definition) is 10. The maximum absolute atomic E-state index is 15.0. The van der Waals surface area contributed by atoms with Gasteiger partial charge in [0.05, 0.1) is 33.1 Å². The molecule has 12 heteroatoms. The number of nitrogens with zero attached hydrogens (tertiary/aromatic N) is 4. The van der Waals surface area contributed by atoms with Crippen molar-refractivity contribution in [1.82, 2.24) is 14.9 Å². The number of ether oxygens (including phenoxy) is 5. The fraction of sp³-hybridized carbons (Fsp3) is 0.324. The van der Waals surface area contributed by atoms with Gasteiger partial charge in [-0.1, -0.05) is 18.2 Å². The molecule has 242 valence electrons. The van der Waals surface area contributed by atoms with Crippen molar-refractivity contribution in [1.29, 1.82) is 0 Å². The fourth-order valence-electron chi connectivity index (χ4n) is 5.28. The third kappa shape index (κ3) is 8.01. The first-order valence-electron chi connectivity index (χ1n) is 14.9. The number of halogens is 1. The third-order valence-electron chi connectivity index (χ3n) is 7.53. The van der Waals surface area contributed by atoms with Crippen LogP contribution < -0.4 is 29.2 Å². The molecule has 1 unspecified atom stereocenters. The predicted octanol–water partition coefficient (Wildman–Crippen LogP) is 6.58. The molecule has 0 spiro atoms. The van der Waals surface area contributed by atoms with Crippen molar-refractivity contribution in [2.24, 2.45) is 5.92 Å². The molecule has 1 aliphatic heterocycles. The summed E-state index contributed by atoms with van der Waals surface area (Å²) in [7, 11) is 6.66. The van der Waals surface area contributed by atoms with Gasteiger partial charge in [-0.25, -0.2) is 19.1 Å². The van der Waals surface area contributed by atoms with Gasteiger partial charge in [-0.05, 0) is 56.8 Å². The van der Waals surface area contributed by atoms with E-state index in [1.54, 1.807) is 61.7 Å². The second kappa shape index (κ2) is 15.4. The Morgan fingerprint density at radius 2 is 1.87 bits per heavy atom. The number of anilines is 4. The quantitative estimate of drug-likeness (QED) is 0.184. The highest BCUT2D eigenvalue weighted by atomic mass is 19.1. The van der Waals surface area contributed by atoms with E-state index >= 15 is 4.39 Å². The van der Waals surface area contributed by atoms with E-state index in [0.29, 0.717) is 46.7 Å². The maximum atomic E-state index is 15.0. The minimum Gasteiger partial charge on any atom is -0.497 e. The standard InChI is InChI=1S/C34H38FN5O6/c1-39-17-7-8-23(20-39)21-45-30-14-11-25(18-27(30)35)37-33-36-16-15-32(38-33)40(28-13-12-26(43-3)19-31(28)44-4)34(41)46-29-10-6-5-9-24(29)22-42-2/h5-6,9-16,18-19,23H,7-8,17,20-22H2,1-4H3,(H,36,37,38). The van der Waals surface area contributed by atoms with Gasteiger partial charge in [-0.2, -0.15) is 4.98 Å². The molecule has 0 saturated carbocycles. The summed E-state index contributed by atoms with van der Waals surface area (Å²) in [6.07, 6.45) is 2.89. The minimum atomic E-state index is -0.756. The van der Waals surface area contributed by atoms with Crippen LogP contribution in [0.25, 0.3) is 0 Å².